The van der Waals surface area contributed by atoms with Gasteiger partial charge in [-0.25, -0.2) is 0 Å². The number of carbonyl (C=O) groups is 4. The molecule has 3 saturated heterocycles. The van der Waals surface area contributed by atoms with Gasteiger partial charge in [0, 0.05) is 38.6 Å². The van der Waals surface area contributed by atoms with Gasteiger partial charge in [0.15, 0.2) is 0 Å². The average Bonchev–Trinajstić information content (AvgIpc) is 2.94. The number of carbonyl (C=O) groups excluding carboxylic acids is 4. The zero-order valence-electron chi connectivity index (χ0n) is 16.6. The Morgan fingerprint density at radius 1 is 0.967 bits per heavy atom. The van der Waals surface area contributed by atoms with Crippen molar-refractivity contribution in [2.24, 2.45) is 0 Å². The Labute approximate surface area is 173 Å². The van der Waals surface area contributed by atoms with Crippen LogP contribution in [0.5, 0.6) is 5.75 Å². The maximum absolute atomic E-state index is 13.1. The van der Waals surface area contributed by atoms with Crippen LogP contribution in [-0.2, 0) is 9.59 Å². The highest BCUT2D eigenvalue weighted by Gasteiger charge is 2.46. The van der Waals surface area contributed by atoms with Crippen molar-refractivity contribution < 1.29 is 23.9 Å². The summed E-state index contributed by atoms with van der Waals surface area (Å²) in [5, 5.41) is 5.50. The van der Waals surface area contributed by atoms with Gasteiger partial charge < -0.3 is 10.1 Å². The molecule has 4 aliphatic heterocycles. The first-order valence-electron chi connectivity index (χ1n) is 10.5. The highest BCUT2D eigenvalue weighted by Crippen LogP contribution is 2.35. The molecule has 1 atom stereocenters. The van der Waals surface area contributed by atoms with Crippen LogP contribution in [0.25, 0.3) is 0 Å². The van der Waals surface area contributed by atoms with E-state index in [1.165, 1.54) is 0 Å². The first-order valence-corrected chi connectivity index (χ1v) is 10.5. The molecule has 9 nitrogen and oxygen atoms in total. The smallest absolute Gasteiger partial charge is 0.266 e. The molecule has 1 aromatic rings. The number of benzene rings is 1. The van der Waals surface area contributed by atoms with Crippen molar-refractivity contribution in [3.63, 3.8) is 0 Å². The Balaban J connectivity index is 1.32. The predicted molar refractivity (Wildman–Crippen MR) is 105 cm³/mol. The van der Waals surface area contributed by atoms with Gasteiger partial charge in [-0.1, -0.05) is 6.07 Å². The van der Waals surface area contributed by atoms with Crippen LogP contribution in [0, 0.1) is 0 Å². The van der Waals surface area contributed by atoms with Gasteiger partial charge in [-0.3, -0.25) is 34.3 Å². The van der Waals surface area contributed by atoms with Gasteiger partial charge in [0.25, 0.3) is 11.8 Å². The summed E-state index contributed by atoms with van der Waals surface area (Å²) in [6, 6.07) is 4.62. The van der Waals surface area contributed by atoms with Crippen LogP contribution in [0.2, 0.25) is 0 Å². The molecule has 0 aromatic heterocycles. The summed E-state index contributed by atoms with van der Waals surface area (Å²) in [5.41, 5.74) is 0.470. The molecule has 9 heteroatoms. The molecule has 1 unspecified atom stereocenters. The summed E-state index contributed by atoms with van der Waals surface area (Å²) in [4.78, 5) is 53.1. The van der Waals surface area contributed by atoms with Crippen molar-refractivity contribution in [3.05, 3.63) is 29.3 Å². The van der Waals surface area contributed by atoms with E-state index in [1.54, 1.807) is 18.2 Å². The van der Waals surface area contributed by atoms with E-state index in [1.807, 2.05) is 0 Å². The van der Waals surface area contributed by atoms with Crippen LogP contribution in [0.3, 0.4) is 0 Å². The fourth-order valence-corrected chi connectivity index (χ4v) is 4.65. The van der Waals surface area contributed by atoms with Crippen LogP contribution in [0.4, 0.5) is 0 Å². The minimum absolute atomic E-state index is 0.0201. The third-order valence-electron chi connectivity index (χ3n) is 6.48. The Morgan fingerprint density at radius 2 is 1.73 bits per heavy atom. The summed E-state index contributed by atoms with van der Waals surface area (Å²) >= 11 is 0. The van der Waals surface area contributed by atoms with Crippen molar-refractivity contribution in [2.75, 3.05) is 26.2 Å². The monoisotopic (exact) mass is 412 g/mol. The molecule has 158 valence electrons. The number of ether oxygens (including phenoxy) is 1. The topological polar surface area (TPSA) is 108 Å². The molecule has 0 spiro atoms. The second-order valence-electron chi connectivity index (χ2n) is 8.29. The van der Waals surface area contributed by atoms with Crippen molar-refractivity contribution in [2.45, 2.75) is 43.9 Å². The largest absolute Gasteiger partial charge is 0.489 e. The molecular weight excluding hydrogens is 388 g/mol. The summed E-state index contributed by atoms with van der Waals surface area (Å²) in [6.45, 7) is 3.96. The SMILES string of the molecule is O=C1CCC(N2C(=O)c3cccc(OC4CCN(C5CNC5)CC4)c3C2=O)C(=O)N1. The number of rotatable bonds is 4. The molecule has 4 amide bonds. The molecule has 3 fully saturated rings. The molecule has 5 rings (SSSR count). The zero-order chi connectivity index (χ0) is 20.8. The maximum atomic E-state index is 13.1. The molecule has 1 aromatic carbocycles. The lowest BCUT2D eigenvalue weighted by atomic mass is 10.0. The third-order valence-corrected chi connectivity index (χ3v) is 6.48. The Bertz CT molecular complexity index is 920. The number of nitrogens with one attached hydrogen (secondary N) is 2. The second-order valence-corrected chi connectivity index (χ2v) is 8.29. The van der Waals surface area contributed by atoms with Crippen LogP contribution >= 0.6 is 0 Å². The molecule has 0 saturated carbocycles. The van der Waals surface area contributed by atoms with Crippen molar-refractivity contribution >= 4 is 23.6 Å². The van der Waals surface area contributed by atoms with E-state index < -0.39 is 23.8 Å². The summed E-state index contributed by atoms with van der Waals surface area (Å²) in [7, 11) is 0. The standard InChI is InChI=1S/C21H24N4O5/c26-17-5-4-15(19(27)23-17)25-20(28)14-2-1-3-16(18(14)21(25)29)30-13-6-8-24(9-7-13)12-10-22-11-12/h1-3,12-13,15,22H,4-11H2,(H,23,26,27). The molecule has 2 N–H and O–H groups in total. The van der Waals surface area contributed by atoms with E-state index in [-0.39, 0.29) is 36.0 Å². The number of imide groups is 2. The van der Waals surface area contributed by atoms with Gasteiger partial charge >= 0.3 is 0 Å². The lowest BCUT2D eigenvalue weighted by Crippen LogP contribution is -2.59. The number of fused-ring (bicyclic) bond motifs is 1. The molecule has 4 aliphatic rings. The number of amides is 4. The first kappa shape index (κ1) is 19.2. The van der Waals surface area contributed by atoms with Gasteiger partial charge in [0.2, 0.25) is 11.8 Å². The third kappa shape index (κ3) is 3.18. The number of piperidine rings is 2. The highest BCUT2D eigenvalue weighted by atomic mass is 16.5. The van der Waals surface area contributed by atoms with E-state index in [0.29, 0.717) is 11.8 Å². The van der Waals surface area contributed by atoms with E-state index in [2.05, 4.69) is 15.5 Å². The Hall–Kier alpha value is -2.78. The predicted octanol–water partition coefficient (Wildman–Crippen LogP) is -0.0972. The summed E-state index contributed by atoms with van der Waals surface area (Å²) < 4.78 is 6.18. The van der Waals surface area contributed by atoms with Gasteiger partial charge in [-0.05, 0) is 31.4 Å². The minimum atomic E-state index is -0.970. The van der Waals surface area contributed by atoms with Gasteiger partial charge in [0.05, 0.1) is 11.1 Å². The maximum Gasteiger partial charge on any atom is 0.266 e. The van der Waals surface area contributed by atoms with Gasteiger partial charge in [0.1, 0.15) is 17.9 Å². The molecule has 4 heterocycles. The van der Waals surface area contributed by atoms with Crippen molar-refractivity contribution in [3.8, 4) is 5.75 Å². The quantitative estimate of drug-likeness (QED) is 0.665. The van der Waals surface area contributed by atoms with Gasteiger partial charge in [-0.15, -0.1) is 0 Å². The fraction of sp³-hybridized carbons (Fsp3) is 0.524. The minimum Gasteiger partial charge on any atom is -0.489 e. The average molecular weight is 412 g/mol. The zero-order valence-corrected chi connectivity index (χ0v) is 16.6. The lowest BCUT2D eigenvalue weighted by Gasteiger charge is -2.42. The lowest BCUT2D eigenvalue weighted by molar-refractivity contribution is -0.136. The highest BCUT2D eigenvalue weighted by molar-refractivity contribution is 6.24. The van der Waals surface area contributed by atoms with Crippen LogP contribution in [0.1, 0.15) is 46.4 Å². The van der Waals surface area contributed by atoms with Gasteiger partial charge in [-0.2, -0.15) is 0 Å². The summed E-state index contributed by atoms with van der Waals surface area (Å²) in [6.07, 6.45) is 1.94. The fourth-order valence-electron chi connectivity index (χ4n) is 4.65. The first-order chi connectivity index (χ1) is 14.5. The molecule has 30 heavy (non-hydrogen) atoms. The number of likely N-dealkylation sites (tertiary alicyclic amines) is 1. The van der Waals surface area contributed by atoms with Crippen LogP contribution in [0.15, 0.2) is 18.2 Å². The van der Waals surface area contributed by atoms with E-state index >= 15 is 0 Å². The molecular formula is C21H24N4O5. The Morgan fingerprint density at radius 3 is 2.40 bits per heavy atom. The number of nitrogens with zero attached hydrogens (tertiary/aromatic N) is 2. The number of hydrogen-bond acceptors (Lipinski definition) is 7. The van der Waals surface area contributed by atoms with E-state index in [4.69, 9.17) is 4.74 Å². The van der Waals surface area contributed by atoms with E-state index in [9.17, 15) is 19.2 Å². The molecule has 0 aliphatic carbocycles. The van der Waals surface area contributed by atoms with Crippen molar-refractivity contribution in [1.82, 2.24) is 20.4 Å². The number of hydrogen-bond donors (Lipinski definition) is 2. The van der Waals surface area contributed by atoms with Crippen molar-refractivity contribution in [1.29, 1.82) is 0 Å². The van der Waals surface area contributed by atoms with E-state index in [0.717, 1.165) is 43.9 Å². The second kappa shape index (κ2) is 7.48. The summed E-state index contributed by atoms with van der Waals surface area (Å²) in [5.74, 6) is -1.65. The normalized spacial score (nSPS) is 25.9. The van der Waals surface area contributed by atoms with Crippen LogP contribution < -0.4 is 15.4 Å². The molecule has 0 radical (unpaired) electrons. The van der Waals surface area contributed by atoms with Crippen LogP contribution in [-0.4, -0.2) is 77.8 Å². The Kier molecular flexibility index (Phi) is 4.79. The molecule has 0 bridgehead atoms.